The van der Waals surface area contributed by atoms with Crippen molar-refractivity contribution in [3.05, 3.63) is 0 Å². The highest BCUT2D eigenvalue weighted by Crippen LogP contribution is 2.41. The molecule has 0 aromatic carbocycles. The summed E-state index contributed by atoms with van der Waals surface area (Å²) in [6, 6.07) is 0. The highest BCUT2D eigenvalue weighted by Gasteiger charge is 2.44. The molecular weight excluding hydrogens is 376 g/mol. The molecule has 1 fully saturated rings. The van der Waals surface area contributed by atoms with Crippen LogP contribution in [0.3, 0.4) is 0 Å². The lowest BCUT2D eigenvalue weighted by atomic mass is 9.84. The highest BCUT2D eigenvalue weighted by molar-refractivity contribution is 4.93. The Bertz CT molecular complexity index is 359. The summed E-state index contributed by atoms with van der Waals surface area (Å²) in [5.41, 5.74) is 0.303. The van der Waals surface area contributed by atoms with E-state index in [2.05, 4.69) is 20.8 Å². The molecule has 1 nitrogen and oxygen atoms in total. The van der Waals surface area contributed by atoms with Crippen LogP contribution < -0.4 is 0 Å². The summed E-state index contributed by atoms with van der Waals surface area (Å²) >= 11 is 0. The Morgan fingerprint density at radius 1 is 0.516 bits per heavy atom. The van der Waals surface area contributed by atoms with Crippen LogP contribution in [-0.2, 0) is 4.74 Å². The second-order valence-corrected chi connectivity index (χ2v) is 10.9. The van der Waals surface area contributed by atoms with Crippen molar-refractivity contribution in [2.24, 2.45) is 5.92 Å². The van der Waals surface area contributed by atoms with Gasteiger partial charge in [-0.05, 0) is 18.8 Å². The third-order valence-electron chi connectivity index (χ3n) is 7.63. The summed E-state index contributed by atoms with van der Waals surface area (Å²) in [6.07, 6.45) is 34.3. The first-order valence-corrected chi connectivity index (χ1v) is 14.9. The van der Waals surface area contributed by atoms with Gasteiger partial charge in [0.25, 0.3) is 0 Å². The number of ether oxygens (including phenoxy) is 1. The van der Waals surface area contributed by atoms with Crippen molar-refractivity contribution < 1.29 is 4.74 Å². The number of hydrogen-bond acceptors (Lipinski definition) is 1. The maximum absolute atomic E-state index is 6.10. The first-order chi connectivity index (χ1) is 15.3. The first kappa shape index (κ1) is 29.0. The molecule has 1 aliphatic heterocycles. The second-order valence-electron chi connectivity index (χ2n) is 10.9. The fourth-order valence-electron chi connectivity index (χ4n) is 5.35. The van der Waals surface area contributed by atoms with E-state index in [9.17, 15) is 0 Å². The van der Waals surface area contributed by atoms with E-state index in [1.54, 1.807) is 0 Å². The summed E-state index contributed by atoms with van der Waals surface area (Å²) in [5, 5.41) is 0. The lowest BCUT2D eigenvalue weighted by molar-refractivity contribution is 0.218. The van der Waals surface area contributed by atoms with Crippen molar-refractivity contribution in [2.45, 2.75) is 180 Å². The number of epoxide rings is 1. The SMILES string of the molecule is CCCCCCCCCCC(CCCCCCCC)CC1(CCCCCCCC)CO1. The zero-order valence-electron chi connectivity index (χ0n) is 22.2. The van der Waals surface area contributed by atoms with E-state index in [1.165, 1.54) is 154 Å². The van der Waals surface area contributed by atoms with Crippen LogP contribution >= 0.6 is 0 Å². The van der Waals surface area contributed by atoms with E-state index < -0.39 is 0 Å². The molecule has 0 aromatic rings. The molecule has 0 aromatic heterocycles. The standard InChI is InChI=1S/C30H60O/c1-4-7-10-13-16-17-19-22-25-29(24-21-18-14-11-8-5-2)27-30(28-31-30)26-23-20-15-12-9-6-3/h29H,4-28H2,1-3H3. The monoisotopic (exact) mass is 436 g/mol. The molecule has 1 rings (SSSR count). The number of rotatable bonds is 25. The largest absolute Gasteiger partial charge is 0.370 e. The van der Waals surface area contributed by atoms with Gasteiger partial charge >= 0.3 is 0 Å². The van der Waals surface area contributed by atoms with Gasteiger partial charge in [-0.2, -0.15) is 0 Å². The average Bonchev–Trinajstić information content (AvgIpc) is 3.54. The lowest BCUT2D eigenvalue weighted by Gasteiger charge is -2.21. The normalized spacial score (nSPS) is 19.1. The van der Waals surface area contributed by atoms with E-state index in [0.29, 0.717) is 5.60 Å². The quantitative estimate of drug-likeness (QED) is 0.102. The smallest absolute Gasteiger partial charge is 0.0919 e. The van der Waals surface area contributed by atoms with Gasteiger partial charge in [0.05, 0.1) is 12.2 Å². The van der Waals surface area contributed by atoms with Crippen molar-refractivity contribution in [2.75, 3.05) is 6.61 Å². The first-order valence-electron chi connectivity index (χ1n) is 14.9. The van der Waals surface area contributed by atoms with Crippen LogP contribution in [0, 0.1) is 5.92 Å². The topological polar surface area (TPSA) is 12.5 Å². The summed E-state index contributed by atoms with van der Waals surface area (Å²) < 4.78 is 6.10. The van der Waals surface area contributed by atoms with Crippen LogP contribution in [-0.4, -0.2) is 12.2 Å². The Labute approximate surface area is 197 Å². The average molecular weight is 437 g/mol. The second kappa shape index (κ2) is 20.6. The fraction of sp³-hybridized carbons (Fsp3) is 1.00. The highest BCUT2D eigenvalue weighted by atomic mass is 16.6. The molecule has 2 unspecified atom stereocenters. The van der Waals surface area contributed by atoms with Crippen molar-refractivity contribution >= 4 is 0 Å². The molecule has 2 atom stereocenters. The van der Waals surface area contributed by atoms with Crippen molar-refractivity contribution in [3.63, 3.8) is 0 Å². The summed E-state index contributed by atoms with van der Waals surface area (Å²) in [6.45, 7) is 8.00. The zero-order chi connectivity index (χ0) is 22.5. The van der Waals surface area contributed by atoms with E-state index in [1.807, 2.05) is 0 Å². The molecule has 1 saturated heterocycles. The van der Waals surface area contributed by atoms with Crippen LogP contribution in [0.5, 0.6) is 0 Å². The van der Waals surface area contributed by atoms with Crippen LogP contribution in [0.1, 0.15) is 175 Å². The molecule has 31 heavy (non-hydrogen) atoms. The summed E-state index contributed by atoms with van der Waals surface area (Å²) in [4.78, 5) is 0. The van der Waals surface area contributed by atoms with Gasteiger partial charge in [-0.25, -0.2) is 0 Å². The minimum atomic E-state index is 0.303. The number of hydrogen-bond donors (Lipinski definition) is 0. The van der Waals surface area contributed by atoms with Crippen molar-refractivity contribution in [3.8, 4) is 0 Å². The molecule has 0 bridgehead atoms. The van der Waals surface area contributed by atoms with Gasteiger partial charge in [0, 0.05) is 0 Å². The lowest BCUT2D eigenvalue weighted by Crippen LogP contribution is -2.17. The van der Waals surface area contributed by atoms with Crippen molar-refractivity contribution in [1.29, 1.82) is 0 Å². The van der Waals surface area contributed by atoms with E-state index in [4.69, 9.17) is 4.74 Å². The minimum absolute atomic E-state index is 0.303. The zero-order valence-corrected chi connectivity index (χ0v) is 22.2. The van der Waals surface area contributed by atoms with Gasteiger partial charge in [-0.15, -0.1) is 0 Å². The predicted molar refractivity (Wildman–Crippen MR) is 140 cm³/mol. The van der Waals surface area contributed by atoms with Gasteiger partial charge in [0.1, 0.15) is 0 Å². The molecule has 1 heteroatoms. The molecule has 1 heterocycles. The summed E-state index contributed by atoms with van der Waals surface area (Å²) in [7, 11) is 0. The molecule has 0 N–H and O–H groups in total. The molecule has 0 radical (unpaired) electrons. The summed E-state index contributed by atoms with van der Waals surface area (Å²) in [5.74, 6) is 0.925. The van der Waals surface area contributed by atoms with Gasteiger partial charge in [0.15, 0.2) is 0 Å². The third-order valence-corrected chi connectivity index (χ3v) is 7.63. The Morgan fingerprint density at radius 3 is 1.26 bits per heavy atom. The van der Waals surface area contributed by atoms with Crippen LogP contribution in [0.15, 0.2) is 0 Å². The fourth-order valence-corrected chi connectivity index (χ4v) is 5.35. The third kappa shape index (κ3) is 17.1. The molecule has 0 saturated carbocycles. The Balaban J connectivity index is 2.24. The van der Waals surface area contributed by atoms with Crippen LogP contribution in [0.4, 0.5) is 0 Å². The van der Waals surface area contributed by atoms with Gasteiger partial charge in [0.2, 0.25) is 0 Å². The van der Waals surface area contributed by atoms with Crippen molar-refractivity contribution in [1.82, 2.24) is 0 Å². The van der Waals surface area contributed by atoms with Gasteiger partial charge < -0.3 is 4.74 Å². The van der Waals surface area contributed by atoms with Gasteiger partial charge in [-0.3, -0.25) is 0 Å². The number of unbranched alkanes of at least 4 members (excludes halogenated alkanes) is 17. The van der Waals surface area contributed by atoms with E-state index in [0.717, 1.165) is 12.5 Å². The molecular formula is C30H60O. The Kier molecular flexibility index (Phi) is 19.2. The molecule has 0 spiro atoms. The maximum atomic E-state index is 6.10. The Morgan fingerprint density at radius 2 is 0.871 bits per heavy atom. The Hall–Kier alpha value is -0.0400. The van der Waals surface area contributed by atoms with Gasteiger partial charge in [-0.1, -0.05) is 162 Å². The maximum Gasteiger partial charge on any atom is 0.0919 e. The predicted octanol–water partition coefficient (Wildman–Crippen LogP) is 10.8. The van der Waals surface area contributed by atoms with Crippen LogP contribution in [0.2, 0.25) is 0 Å². The molecule has 0 amide bonds. The van der Waals surface area contributed by atoms with E-state index >= 15 is 0 Å². The molecule has 1 aliphatic rings. The molecule has 186 valence electrons. The van der Waals surface area contributed by atoms with Crippen LogP contribution in [0.25, 0.3) is 0 Å². The minimum Gasteiger partial charge on any atom is -0.370 e. The van der Waals surface area contributed by atoms with E-state index in [-0.39, 0.29) is 0 Å². The molecule has 0 aliphatic carbocycles.